The van der Waals surface area contributed by atoms with Gasteiger partial charge in [-0.3, -0.25) is 0 Å². The van der Waals surface area contributed by atoms with Crippen molar-refractivity contribution in [3.05, 3.63) is 52.0 Å². The van der Waals surface area contributed by atoms with E-state index in [4.69, 9.17) is 0 Å². The summed E-state index contributed by atoms with van der Waals surface area (Å²) in [5, 5.41) is 3.55. The molecule has 1 aliphatic carbocycles. The van der Waals surface area contributed by atoms with Crippen molar-refractivity contribution in [2.24, 2.45) is 0 Å². The van der Waals surface area contributed by atoms with Crippen molar-refractivity contribution in [3.63, 3.8) is 0 Å². The first kappa shape index (κ1) is 14.8. The summed E-state index contributed by atoms with van der Waals surface area (Å²) in [6.45, 7) is 4.04. The van der Waals surface area contributed by atoms with Gasteiger partial charge in [0.2, 0.25) is 0 Å². The number of nitrogens with zero attached hydrogens (tertiary/aromatic N) is 2. The molecule has 4 heteroatoms. The molecule has 3 nitrogen and oxygen atoms in total. The van der Waals surface area contributed by atoms with E-state index >= 15 is 0 Å². The number of aromatic nitrogens is 2. The first-order chi connectivity index (χ1) is 10.3. The lowest BCUT2D eigenvalue weighted by atomic mass is 10.1. The summed E-state index contributed by atoms with van der Waals surface area (Å²) in [4.78, 5) is 4.44. The van der Waals surface area contributed by atoms with Gasteiger partial charge >= 0.3 is 0 Å². The fraction of sp³-hybridized carbons (Fsp3) is 0.471. The van der Waals surface area contributed by atoms with Gasteiger partial charge in [-0.15, -0.1) is 0 Å². The van der Waals surface area contributed by atoms with Crippen molar-refractivity contribution in [3.8, 4) is 0 Å². The quantitative estimate of drug-likeness (QED) is 0.823. The van der Waals surface area contributed by atoms with Crippen LogP contribution in [-0.4, -0.2) is 15.6 Å². The fourth-order valence-electron chi connectivity index (χ4n) is 2.50. The van der Waals surface area contributed by atoms with Crippen LogP contribution < -0.4 is 5.32 Å². The Bertz CT molecular complexity index is 602. The molecule has 1 aromatic heterocycles. The molecule has 1 fully saturated rings. The maximum Gasteiger partial charge on any atom is 0.108 e. The molecule has 112 valence electrons. The van der Waals surface area contributed by atoms with Gasteiger partial charge < -0.3 is 9.88 Å². The van der Waals surface area contributed by atoms with Crippen LogP contribution in [0.2, 0.25) is 0 Å². The number of rotatable bonds is 7. The number of halogens is 1. The normalized spacial score (nSPS) is 14.6. The van der Waals surface area contributed by atoms with Crippen molar-refractivity contribution >= 4 is 15.9 Å². The van der Waals surface area contributed by atoms with E-state index in [0.717, 1.165) is 32.0 Å². The zero-order valence-corrected chi connectivity index (χ0v) is 14.1. The van der Waals surface area contributed by atoms with Crippen LogP contribution in [0.5, 0.6) is 0 Å². The fourth-order valence-corrected chi connectivity index (χ4v) is 3.05. The van der Waals surface area contributed by atoms with Crippen LogP contribution in [0.15, 0.2) is 35.1 Å². The first-order valence-corrected chi connectivity index (χ1v) is 8.56. The number of benzene rings is 1. The molecule has 0 aliphatic heterocycles. The molecule has 0 saturated heterocycles. The van der Waals surface area contributed by atoms with E-state index in [-0.39, 0.29) is 0 Å². The largest absolute Gasteiger partial charge is 0.330 e. The zero-order chi connectivity index (χ0) is 14.7. The van der Waals surface area contributed by atoms with Gasteiger partial charge in [-0.1, -0.05) is 35.0 Å². The summed E-state index contributed by atoms with van der Waals surface area (Å²) in [6.07, 6.45) is 8.80. The Hall–Kier alpha value is -1.13. The number of aryl methyl sites for hydroxylation is 1. The van der Waals surface area contributed by atoms with Gasteiger partial charge in [-0.2, -0.15) is 0 Å². The SMILES string of the molecule is CCCc1nccn1Cc1ccc(CNC2CC2)cc1Br. The number of hydrogen-bond acceptors (Lipinski definition) is 2. The van der Waals surface area contributed by atoms with Crippen molar-refractivity contribution in [2.75, 3.05) is 0 Å². The summed E-state index contributed by atoms with van der Waals surface area (Å²) in [6, 6.07) is 7.45. The predicted octanol–water partition coefficient (Wildman–Crippen LogP) is 3.90. The van der Waals surface area contributed by atoms with Crippen LogP contribution >= 0.6 is 15.9 Å². The van der Waals surface area contributed by atoms with E-state index in [1.165, 1.54) is 34.3 Å². The Morgan fingerprint density at radius 2 is 2.24 bits per heavy atom. The van der Waals surface area contributed by atoms with Crippen LogP contribution in [0.25, 0.3) is 0 Å². The Kier molecular flexibility index (Phi) is 4.76. The highest BCUT2D eigenvalue weighted by Gasteiger charge is 2.20. The van der Waals surface area contributed by atoms with E-state index < -0.39 is 0 Å². The van der Waals surface area contributed by atoms with E-state index in [1.807, 2.05) is 6.20 Å². The highest BCUT2D eigenvalue weighted by molar-refractivity contribution is 9.10. The van der Waals surface area contributed by atoms with Crippen molar-refractivity contribution in [1.29, 1.82) is 0 Å². The predicted molar refractivity (Wildman–Crippen MR) is 89.3 cm³/mol. The highest BCUT2D eigenvalue weighted by Crippen LogP contribution is 2.22. The molecular weight excluding hydrogens is 326 g/mol. The Morgan fingerprint density at radius 1 is 1.38 bits per heavy atom. The zero-order valence-electron chi connectivity index (χ0n) is 12.5. The molecule has 2 aromatic rings. The van der Waals surface area contributed by atoms with Gasteiger partial charge in [0.1, 0.15) is 5.82 Å². The van der Waals surface area contributed by atoms with Gasteiger partial charge in [-0.25, -0.2) is 4.98 Å². The number of nitrogens with one attached hydrogen (secondary N) is 1. The van der Waals surface area contributed by atoms with Gasteiger partial charge in [0.15, 0.2) is 0 Å². The molecule has 0 bridgehead atoms. The lowest BCUT2D eigenvalue weighted by Gasteiger charge is -2.11. The molecule has 0 unspecified atom stereocenters. The van der Waals surface area contributed by atoms with E-state index in [1.54, 1.807) is 0 Å². The molecule has 0 radical (unpaired) electrons. The minimum absolute atomic E-state index is 0.756. The highest BCUT2D eigenvalue weighted by atomic mass is 79.9. The molecule has 1 N–H and O–H groups in total. The lowest BCUT2D eigenvalue weighted by molar-refractivity contribution is 0.684. The standard InChI is InChI=1S/C17H22BrN3/c1-2-3-17-19-8-9-21(17)12-14-5-4-13(10-16(14)18)11-20-15-6-7-15/h4-5,8-10,15,20H,2-3,6-7,11-12H2,1H3. The summed E-state index contributed by atoms with van der Waals surface area (Å²) in [5.41, 5.74) is 2.65. The molecule has 1 heterocycles. The monoisotopic (exact) mass is 347 g/mol. The Labute approximate surface area is 134 Å². The molecule has 1 aromatic carbocycles. The summed E-state index contributed by atoms with van der Waals surface area (Å²) in [7, 11) is 0. The van der Waals surface area contributed by atoms with Gasteiger partial charge in [0, 0.05) is 42.4 Å². The smallest absolute Gasteiger partial charge is 0.108 e. The second-order valence-corrected chi connectivity index (χ2v) is 6.66. The van der Waals surface area contributed by atoms with E-state index in [2.05, 4.69) is 62.1 Å². The van der Waals surface area contributed by atoms with Crippen LogP contribution in [0, 0.1) is 0 Å². The van der Waals surface area contributed by atoms with E-state index in [9.17, 15) is 0 Å². The van der Waals surface area contributed by atoms with Gasteiger partial charge in [-0.05, 0) is 36.5 Å². The molecule has 3 rings (SSSR count). The van der Waals surface area contributed by atoms with Crippen molar-refractivity contribution in [2.45, 2.75) is 51.7 Å². The summed E-state index contributed by atoms with van der Waals surface area (Å²) in [5.74, 6) is 1.17. The minimum Gasteiger partial charge on any atom is -0.330 e. The van der Waals surface area contributed by atoms with Crippen LogP contribution in [-0.2, 0) is 19.5 Å². The average Bonchev–Trinajstić information content (AvgIpc) is 3.21. The third-order valence-corrected chi connectivity index (χ3v) is 4.64. The molecule has 0 amide bonds. The molecule has 0 atom stereocenters. The average molecular weight is 348 g/mol. The molecule has 21 heavy (non-hydrogen) atoms. The second kappa shape index (κ2) is 6.75. The summed E-state index contributed by atoms with van der Waals surface area (Å²) >= 11 is 3.72. The maximum atomic E-state index is 4.44. The van der Waals surface area contributed by atoms with Gasteiger partial charge in [0.25, 0.3) is 0 Å². The number of hydrogen-bond donors (Lipinski definition) is 1. The Balaban J connectivity index is 1.68. The Morgan fingerprint density at radius 3 is 2.95 bits per heavy atom. The van der Waals surface area contributed by atoms with Crippen LogP contribution in [0.3, 0.4) is 0 Å². The number of imidazole rings is 1. The first-order valence-electron chi connectivity index (χ1n) is 7.77. The van der Waals surface area contributed by atoms with Crippen LogP contribution in [0.1, 0.15) is 43.1 Å². The molecular formula is C17H22BrN3. The van der Waals surface area contributed by atoms with Gasteiger partial charge in [0.05, 0.1) is 0 Å². The molecule has 1 aliphatic rings. The second-order valence-electron chi connectivity index (χ2n) is 5.80. The van der Waals surface area contributed by atoms with Crippen molar-refractivity contribution in [1.82, 2.24) is 14.9 Å². The maximum absolute atomic E-state index is 4.44. The van der Waals surface area contributed by atoms with Crippen LogP contribution in [0.4, 0.5) is 0 Å². The third kappa shape index (κ3) is 3.95. The van der Waals surface area contributed by atoms with E-state index in [0.29, 0.717) is 0 Å². The van der Waals surface area contributed by atoms with Crippen molar-refractivity contribution < 1.29 is 0 Å². The molecule has 1 saturated carbocycles. The lowest BCUT2D eigenvalue weighted by Crippen LogP contribution is -2.15. The molecule has 0 spiro atoms. The topological polar surface area (TPSA) is 29.9 Å². The summed E-state index contributed by atoms with van der Waals surface area (Å²) < 4.78 is 3.43. The minimum atomic E-state index is 0.756. The third-order valence-electron chi connectivity index (χ3n) is 3.91.